The number of benzene rings is 1. The van der Waals surface area contributed by atoms with E-state index in [9.17, 15) is 8.42 Å². The number of aromatic nitrogens is 2. The van der Waals surface area contributed by atoms with Gasteiger partial charge in [0.2, 0.25) is 0 Å². The summed E-state index contributed by atoms with van der Waals surface area (Å²) in [6.45, 7) is 5.78. The molecular formula is C17H21ClN4O2S. The molecule has 0 radical (unpaired) electrons. The minimum Gasteiger partial charge on any atom is -0.278 e. The number of halogens is 1. The van der Waals surface area contributed by atoms with Crippen molar-refractivity contribution in [3.63, 3.8) is 0 Å². The molecule has 134 valence electrons. The molecule has 0 aliphatic carbocycles. The minimum absolute atomic E-state index is 0.0882. The number of rotatable bonds is 4. The maximum absolute atomic E-state index is 11.7. The third-order valence-electron chi connectivity index (χ3n) is 4.49. The SMILES string of the molecule is Cc1ccc(N/N=C\c2c(C)nn([C@H]3CCS(=O)(=O)C3)c2C)cc1Cl. The Hall–Kier alpha value is -1.86. The highest BCUT2D eigenvalue weighted by Gasteiger charge is 2.31. The zero-order chi connectivity index (χ0) is 18.2. The van der Waals surface area contributed by atoms with Gasteiger partial charge in [-0.1, -0.05) is 17.7 Å². The second-order valence-electron chi connectivity index (χ2n) is 6.42. The van der Waals surface area contributed by atoms with Crippen molar-refractivity contribution in [2.45, 2.75) is 33.2 Å². The number of sulfone groups is 1. The van der Waals surface area contributed by atoms with Crippen molar-refractivity contribution in [2.75, 3.05) is 16.9 Å². The summed E-state index contributed by atoms with van der Waals surface area (Å²) in [6, 6.07) is 5.57. The number of hydrogen-bond acceptors (Lipinski definition) is 5. The fourth-order valence-corrected chi connectivity index (χ4v) is 4.89. The average Bonchev–Trinajstić information content (AvgIpc) is 3.04. The number of hydrogen-bond donors (Lipinski definition) is 1. The molecule has 1 aliphatic rings. The molecule has 0 bridgehead atoms. The number of hydrazone groups is 1. The van der Waals surface area contributed by atoms with E-state index < -0.39 is 9.84 Å². The predicted octanol–water partition coefficient (Wildman–Crippen LogP) is 3.27. The van der Waals surface area contributed by atoms with E-state index in [2.05, 4.69) is 15.6 Å². The average molecular weight is 381 g/mol. The van der Waals surface area contributed by atoms with Crippen molar-refractivity contribution >= 4 is 33.3 Å². The Balaban J connectivity index is 1.77. The quantitative estimate of drug-likeness (QED) is 0.652. The van der Waals surface area contributed by atoms with E-state index in [1.165, 1.54) is 0 Å². The van der Waals surface area contributed by atoms with Crippen LogP contribution in [-0.4, -0.2) is 35.9 Å². The highest BCUT2D eigenvalue weighted by atomic mass is 35.5. The predicted molar refractivity (Wildman–Crippen MR) is 101 cm³/mol. The van der Waals surface area contributed by atoms with Gasteiger partial charge in [-0.3, -0.25) is 10.1 Å². The first kappa shape index (κ1) is 17.9. The molecule has 6 nitrogen and oxygen atoms in total. The van der Waals surface area contributed by atoms with E-state index in [0.29, 0.717) is 11.4 Å². The lowest BCUT2D eigenvalue weighted by Crippen LogP contribution is -2.14. The third kappa shape index (κ3) is 3.88. The number of anilines is 1. The van der Waals surface area contributed by atoms with Gasteiger partial charge in [0.1, 0.15) is 0 Å². The highest BCUT2D eigenvalue weighted by molar-refractivity contribution is 7.91. The molecule has 1 N–H and O–H groups in total. The highest BCUT2D eigenvalue weighted by Crippen LogP contribution is 2.26. The van der Waals surface area contributed by atoms with E-state index in [4.69, 9.17) is 11.6 Å². The van der Waals surface area contributed by atoms with Crippen LogP contribution >= 0.6 is 11.6 Å². The molecule has 1 aliphatic heterocycles. The van der Waals surface area contributed by atoms with Crippen molar-refractivity contribution in [1.29, 1.82) is 0 Å². The van der Waals surface area contributed by atoms with Crippen molar-refractivity contribution in [3.05, 3.63) is 45.7 Å². The summed E-state index contributed by atoms with van der Waals surface area (Å²) in [5.41, 5.74) is 7.42. The molecule has 2 aromatic rings. The maximum Gasteiger partial charge on any atom is 0.152 e. The van der Waals surface area contributed by atoms with Crippen LogP contribution in [0.1, 0.15) is 35.0 Å². The standard InChI is InChI=1S/C17H21ClN4O2S/c1-11-4-5-14(8-17(11)18)20-19-9-16-12(2)21-22(13(16)3)15-6-7-25(23,24)10-15/h4-5,8-9,15,20H,6-7,10H2,1-3H3/b19-9-/t15-/m0/s1. The van der Waals surface area contributed by atoms with Gasteiger partial charge < -0.3 is 0 Å². The van der Waals surface area contributed by atoms with Crippen molar-refractivity contribution in [1.82, 2.24) is 9.78 Å². The van der Waals surface area contributed by atoms with Gasteiger partial charge in [-0.15, -0.1) is 0 Å². The molecular weight excluding hydrogens is 360 g/mol. The molecule has 8 heteroatoms. The Morgan fingerprint density at radius 2 is 2.12 bits per heavy atom. The largest absolute Gasteiger partial charge is 0.278 e. The Morgan fingerprint density at radius 3 is 2.76 bits per heavy atom. The minimum atomic E-state index is -2.94. The fourth-order valence-electron chi connectivity index (χ4n) is 3.02. The number of nitrogens with zero attached hydrogens (tertiary/aromatic N) is 3. The molecule has 0 unspecified atom stereocenters. The molecule has 1 aromatic heterocycles. The second kappa shape index (κ2) is 6.80. The summed E-state index contributed by atoms with van der Waals surface area (Å²) in [5.74, 6) is 0.390. The zero-order valence-electron chi connectivity index (χ0n) is 14.5. The van der Waals surface area contributed by atoms with Crippen molar-refractivity contribution in [2.24, 2.45) is 5.10 Å². The van der Waals surface area contributed by atoms with Crippen LogP contribution in [0.4, 0.5) is 5.69 Å². The smallest absolute Gasteiger partial charge is 0.152 e. The molecule has 25 heavy (non-hydrogen) atoms. The van der Waals surface area contributed by atoms with Crippen LogP contribution in [0.25, 0.3) is 0 Å². The van der Waals surface area contributed by atoms with E-state index in [-0.39, 0.29) is 17.5 Å². The Morgan fingerprint density at radius 1 is 1.36 bits per heavy atom. The summed E-state index contributed by atoms with van der Waals surface area (Å²) in [4.78, 5) is 0. The third-order valence-corrected chi connectivity index (χ3v) is 6.65. The van der Waals surface area contributed by atoms with Gasteiger partial charge in [-0.2, -0.15) is 10.2 Å². The van der Waals surface area contributed by atoms with E-state index >= 15 is 0 Å². The number of aryl methyl sites for hydroxylation is 2. The van der Waals surface area contributed by atoms with Crippen LogP contribution in [0.15, 0.2) is 23.3 Å². The van der Waals surface area contributed by atoms with Crippen LogP contribution in [-0.2, 0) is 9.84 Å². The molecule has 0 amide bonds. The molecule has 1 aromatic carbocycles. The van der Waals surface area contributed by atoms with Crippen LogP contribution in [0.2, 0.25) is 5.02 Å². The second-order valence-corrected chi connectivity index (χ2v) is 9.06. The maximum atomic E-state index is 11.7. The van der Waals surface area contributed by atoms with Crippen molar-refractivity contribution in [3.8, 4) is 0 Å². The lowest BCUT2D eigenvalue weighted by molar-refractivity contribution is 0.486. The van der Waals surface area contributed by atoms with E-state index in [1.54, 1.807) is 6.21 Å². The molecule has 0 spiro atoms. The van der Waals surface area contributed by atoms with Gasteiger partial charge >= 0.3 is 0 Å². The summed E-state index contributed by atoms with van der Waals surface area (Å²) in [5, 5.41) is 9.47. The van der Waals surface area contributed by atoms with Crippen LogP contribution in [0.5, 0.6) is 0 Å². The molecule has 1 saturated heterocycles. The van der Waals surface area contributed by atoms with Crippen LogP contribution < -0.4 is 5.43 Å². The molecule has 1 atom stereocenters. The van der Waals surface area contributed by atoms with Gasteiger partial charge in [0.15, 0.2) is 9.84 Å². The van der Waals surface area contributed by atoms with E-state index in [1.807, 2.05) is 43.7 Å². The van der Waals surface area contributed by atoms with Crippen LogP contribution in [0, 0.1) is 20.8 Å². The Labute approximate surface area is 152 Å². The zero-order valence-corrected chi connectivity index (χ0v) is 16.0. The monoisotopic (exact) mass is 380 g/mol. The first-order chi connectivity index (χ1) is 11.8. The van der Waals surface area contributed by atoms with E-state index in [0.717, 1.165) is 28.2 Å². The Kier molecular flexibility index (Phi) is 4.88. The van der Waals surface area contributed by atoms with Gasteiger partial charge in [0.25, 0.3) is 0 Å². The molecule has 3 rings (SSSR count). The lowest BCUT2D eigenvalue weighted by Gasteiger charge is -2.10. The van der Waals surface area contributed by atoms with Crippen LogP contribution in [0.3, 0.4) is 0 Å². The lowest BCUT2D eigenvalue weighted by atomic mass is 10.2. The van der Waals surface area contributed by atoms with Gasteiger partial charge in [0.05, 0.1) is 35.1 Å². The fraction of sp³-hybridized carbons (Fsp3) is 0.412. The summed E-state index contributed by atoms with van der Waals surface area (Å²) < 4.78 is 25.2. The summed E-state index contributed by atoms with van der Waals surface area (Å²) in [6.07, 6.45) is 2.33. The van der Waals surface area contributed by atoms with Gasteiger partial charge in [-0.25, -0.2) is 8.42 Å². The topological polar surface area (TPSA) is 76.3 Å². The van der Waals surface area contributed by atoms with Crippen molar-refractivity contribution < 1.29 is 8.42 Å². The molecule has 0 saturated carbocycles. The summed E-state index contributed by atoms with van der Waals surface area (Å²) >= 11 is 6.10. The van der Waals surface area contributed by atoms with Gasteiger partial charge in [0, 0.05) is 16.3 Å². The molecule has 1 fully saturated rings. The van der Waals surface area contributed by atoms with Gasteiger partial charge in [-0.05, 0) is 44.9 Å². The number of nitrogens with one attached hydrogen (secondary N) is 1. The Bertz CT molecular complexity index is 934. The summed E-state index contributed by atoms with van der Waals surface area (Å²) in [7, 11) is -2.94. The first-order valence-corrected chi connectivity index (χ1v) is 10.3. The molecule has 2 heterocycles. The first-order valence-electron chi connectivity index (χ1n) is 8.08. The normalized spacial score (nSPS) is 19.6.